The summed E-state index contributed by atoms with van der Waals surface area (Å²) in [5.41, 5.74) is 1.91. The lowest BCUT2D eigenvalue weighted by molar-refractivity contribution is -0.165. The van der Waals surface area contributed by atoms with Crippen LogP contribution in [0.25, 0.3) is 0 Å². The van der Waals surface area contributed by atoms with Crippen molar-refractivity contribution in [3.05, 3.63) is 72.3 Å². The third kappa shape index (κ3) is 4.96. The molecule has 1 aliphatic heterocycles. The van der Waals surface area contributed by atoms with Gasteiger partial charge in [0.15, 0.2) is 0 Å². The van der Waals surface area contributed by atoms with E-state index < -0.39 is 12.1 Å². The molecule has 1 aliphatic rings. The molecule has 2 aromatic carbocycles. The Bertz CT molecular complexity index is 937. The summed E-state index contributed by atoms with van der Waals surface area (Å²) in [6.07, 6.45) is 2.11. The molecule has 0 radical (unpaired) electrons. The van der Waals surface area contributed by atoms with Gasteiger partial charge >= 0.3 is 0 Å². The molecule has 0 bridgehead atoms. The summed E-state index contributed by atoms with van der Waals surface area (Å²) in [5.74, 6) is 1.41. The van der Waals surface area contributed by atoms with E-state index in [2.05, 4.69) is 6.58 Å². The molecule has 2 amide bonds. The van der Waals surface area contributed by atoms with Crippen LogP contribution in [-0.4, -0.2) is 47.9 Å². The lowest BCUT2D eigenvalue weighted by Gasteiger charge is -2.46. The molecule has 1 fully saturated rings. The van der Waals surface area contributed by atoms with Gasteiger partial charge in [0.05, 0.1) is 14.2 Å². The molecule has 32 heavy (non-hydrogen) atoms. The Balaban J connectivity index is 1.90. The molecule has 6 nitrogen and oxygen atoms in total. The fourth-order valence-electron chi connectivity index (χ4n) is 4.17. The first-order valence-electron chi connectivity index (χ1n) is 10.9. The van der Waals surface area contributed by atoms with Crippen molar-refractivity contribution in [3.63, 3.8) is 0 Å². The number of carbonyl (C=O) groups excluding carboxylic acids is 2. The van der Waals surface area contributed by atoms with Gasteiger partial charge in [-0.3, -0.25) is 9.59 Å². The number of amides is 2. The maximum atomic E-state index is 13.7. The van der Waals surface area contributed by atoms with E-state index in [1.807, 2.05) is 62.4 Å². The minimum Gasteiger partial charge on any atom is -0.497 e. The second-order valence-electron chi connectivity index (χ2n) is 8.36. The molecular weight excluding hydrogens is 404 g/mol. The van der Waals surface area contributed by atoms with Crippen LogP contribution in [0.2, 0.25) is 0 Å². The summed E-state index contributed by atoms with van der Waals surface area (Å²) in [7, 11) is 3.24. The van der Waals surface area contributed by atoms with Gasteiger partial charge in [-0.1, -0.05) is 44.2 Å². The summed E-state index contributed by atoms with van der Waals surface area (Å²) in [5, 5.41) is 0. The van der Waals surface area contributed by atoms with Crippen LogP contribution in [0.1, 0.15) is 31.4 Å². The second kappa shape index (κ2) is 10.4. The summed E-state index contributed by atoms with van der Waals surface area (Å²) in [6, 6.07) is 14.1. The highest BCUT2D eigenvalue weighted by Crippen LogP contribution is 2.29. The lowest BCUT2D eigenvalue weighted by atomic mass is 9.93. The number of nitrogens with zero attached hydrogens (tertiary/aromatic N) is 2. The predicted octanol–water partition coefficient (Wildman–Crippen LogP) is 4.04. The number of piperazine rings is 1. The Labute approximate surface area is 190 Å². The van der Waals surface area contributed by atoms with Gasteiger partial charge in [-0.25, -0.2) is 0 Å². The third-order valence-corrected chi connectivity index (χ3v) is 5.86. The summed E-state index contributed by atoms with van der Waals surface area (Å²) in [6.45, 7) is 8.53. The summed E-state index contributed by atoms with van der Waals surface area (Å²) >= 11 is 0. The highest BCUT2D eigenvalue weighted by molar-refractivity contribution is 5.97. The number of carbonyl (C=O) groups is 2. The number of hydrogen-bond acceptors (Lipinski definition) is 4. The molecule has 3 rings (SSSR count). The molecule has 0 N–H and O–H groups in total. The van der Waals surface area contributed by atoms with Crippen LogP contribution in [0.5, 0.6) is 11.5 Å². The van der Waals surface area contributed by atoms with Gasteiger partial charge in [0, 0.05) is 13.1 Å². The van der Waals surface area contributed by atoms with Gasteiger partial charge in [-0.05, 0) is 47.7 Å². The van der Waals surface area contributed by atoms with Gasteiger partial charge in [-0.2, -0.15) is 0 Å². The van der Waals surface area contributed by atoms with Gasteiger partial charge in [0.1, 0.15) is 23.6 Å². The van der Waals surface area contributed by atoms with E-state index in [0.717, 1.165) is 22.6 Å². The van der Waals surface area contributed by atoms with Crippen LogP contribution in [0.3, 0.4) is 0 Å². The van der Waals surface area contributed by atoms with Crippen LogP contribution >= 0.6 is 0 Å². The lowest BCUT2D eigenvalue weighted by Crippen LogP contribution is -2.65. The summed E-state index contributed by atoms with van der Waals surface area (Å²) in [4.78, 5) is 30.8. The van der Waals surface area contributed by atoms with Crippen molar-refractivity contribution in [2.75, 3.05) is 14.2 Å². The molecule has 0 unspecified atom stereocenters. The second-order valence-corrected chi connectivity index (χ2v) is 8.36. The highest BCUT2D eigenvalue weighted by Gasteiger charge is 2.46. The fourth-order valence-corrected chi connectivity index (χ4v) is 4.17. The SMILES string of the molecule is C=CC[C@H]1C(=O)N(Cc2ccc(OC)cc2)[C@@H](C(C)C)C(=O)N1Cc1ccc(OC)cc1. The van der Waals surface area contributed by atoms with E-state index in [9.17, 15) is 9.59 Å². The molecule has 6 heteroatoms. The quantitative estimate of drug-likeness (QED) is 0.557. The zero-order valence-corrected chi connectivity index (χ0v) is 19.3. The van der Waals surface area contributed by atoms with E-state index in [-0.39, 0.29) is 17.7 Å². The number of ether oxygens (including phenoxy) is 2. The molecule has 0 saturated carbocycles. The minimum atomic E-state index is -0.574. The van der Waals surface area contributed by atoms with Gasteiger partial charge in [-0.15, -0.1) is 6.58 Å². The number of rotatable bonds is 9. The van der Waals surface area contributed by atoms with E-state index in [4.69, 9.17) is 9.47 Å². The van der Waals surface area contributed by atoms with Crippen molar-refractivity contribution in [2.24, 2.45) is 5.92 Å². The van der Waals surface area contributed by atoms with Crippen molar-refractivity contribution in [3.8, 4) is 11.5 Å². The molecule has 0 aliphatic carbocycles. The number of benzene rings is 2. The molecule has 1 heterocycles. The Morgan fingerprint density at radius 3 is 1.72 bits per heavy atom. The van der Waals surface area contributed by atoms with Gasteiger partial charge in [0.2, 0.25) is 11.8 Å². The van der Waals surface area contributed by atoms with Crippen molar-refractivity contribution in [1.29, 1.82) is 0 Å². The predicted molar refractivity (Wildman–Crippen MR) is 124 cm³/mol. The standard InChI is InChI=1S/C26H32N2O4/c1-6-7-23-25(29)28(17-20-10-14-22(32-5)15-11-20)24(18(2)3)26(30)27(23)16-19-8-12-21(31-4)13-9-19/h6,8-15,18,23-24H,1,7,16-17H2,2-5H3/t23-,24-/m0/s1. The average molecular weight is 437 g/mol. The highest BCUT2D eigenvalue weighted by atomic mass is 16.5. The first-order chi connectivity index (χ1) is 15.4. The fraction of sp³-hybridized carbons (Fsp3) is 0.385. The van der Waals surface area contributed by atoms with Crippen LogP contribution in [0, 0.1) is 5.92 Å². The Morgan fingerprint density at radius 2 is 1.31 bits per heavy atom. The molecule has 2 atom stereocenters. The molecule has 0 aromatic heterocycles. The van der Waals surface area contributed by atoms with Crippen molar-refractivity contribution in [1.82, 2.24) is 9.80 Å². The van der Waals surface area contributed by atoms with Crippen LogP contribution < -0.4 is 9.47 Å². The first-order valence-corrected chi connectivity index (χ1v) is 10.9. The monoisotopic (exact) mass is 436 g/mol. The van der Waals surface area contributed by atoms with Crippen molar-refractivity contribution < 1.29 is 19.1 Å². The van der Waals surface area contributed by atoms with Crippen LogP contribution in [0.15, 0.2) is 61.2 Å². The largest absolute Gasteiger partial charge is 0.497 e. The van der Waals surface area contributed by atoms with Crippen molar-refractivity contribution in [2.45, 2.75) is 45.4 Å². The van der Waals surface area contributed by atoms with Gasteiger partial charge in [0.25, 0.3) is 0 Å². The Kier molecular flexibility index (Phi) is 7.57. The van der Waals surface area contributed by atoms with Crippen molar-refractivity contribution >= 4 is 11.8 Å². The third-order valence-electron chi connectivity index (χ3n) is 5.86. The minimum absolute atomic E-state index is 0.0206. The molecular formula is C26H32N2O4. The zero-order valence-electron chi connectivity index (χ0n) is 19.3. The number of methoxy groups -OCH3 is 2. The summed E-state index contributed by atoms with van der Waals surface area (Å²) < 4.78 is 10.5. The average Bonchev–Trinajstić information content (AvgIpc) is 2.80. The molecule has 170 valence electrons. The van der Waals surface area contributed by atoms with Gasteiger partial charge < -0.3 is 19.3 Å². The van der Waals surface area contributed by atoms with E-state index in [1.54, 1.807) is 30.1 Å². The maximum absolute atomic E-state index is 13.7. The molecule has 0 spiro atoms. The zero-order chi connectivity index (χ0) is 23.3. The van der Waals surface area contributed by atoms with E-state index in [0.29, 0.717) is 19.5 Å². The molecule has 1 saturated heterocycles. The maximum Gasteiger partial charge on any atom is 0.246 e. The topological polar surface area (TPSA) is 59.1 Å². The van der Waals surface area contributed by atoms with E-state index in [1.165, 1.54) is 0 Å². The first kappa shape index (κ1) is 23.4. The van der Waals surface area contributed by atoms with Crippen LogP contribution in [-0.2, 0) is 22.7 Å². The van der Waals surface area contributed by atoms with Crippen LogP contribution in [0.4, 0.5) is 0 Å². The number of hydrogen-bond donors (Lipinski definition) is 0. The normalized spacial score (nSPS) is 18.8. The Morgan fingerprint density at radius 1 is 0.844 bits per heavy atom. The Hall–Kier alpha value is -3.28. The van der Waals surface area contributed by atoms with E-state index >= 15 is 0 Å². The smallest absolute Gasteiger partial charge is 0.246 e. The molecule has 2 aromatic rings.